The number of ether oxygens (including phenoxy) is 2. The number of hydrogen-bond donors (Lipinski definition) is 0. The van der Waals surface area contributed by atoms with E-state index in [4.69, 9.17) is 9.47 Å². The molecule has 38 heavy (non-hydrogen) atoms. The minimum atomic E-state index is -3.96. The van der Waals surface area contributed by atoms with Crippen molar-refractivity contribution in [3.63, 3.8) is 0 Å². The van der Waals surface area contributed by atoms with Gasteiger partial charge in [0.15, 0.2) is 0 Å². The fraction of sp³-hybridized carbons (Fsp3) is 0.517. The van der Waals surface area contributed by atoms with Crippen LogP contribution in [0.2, 0.25) is 0 Å². The van der Waals surface area contributed by atoms with E-state index in [1.807, 2.05) is 13.1 Å². The van der Waals surface area contributed by atoms with Crippen LogP contribution in [0.25, 0.3) is 0 Å². The summed E-state index contributed by atoms with van der Waals surface area (Å²) < 4.78 is 37.9. The van der Waals surface area contributed by atoms with E-state index in [0.717, 1.165) is 29.3 Å². The normalized spacial score (nSPS) is 11.2. The average Bonchev–Trinajstić information content (AvgIpc) is 2.92. The summed E-state index contributed by atoms with van der Waals surface area (Å²) in [4.78, 5) is 27.2. The van der Waals surface area contributed by atoms with E-state index in [1.54, 1.807) is 30.0 Å². The second kappa shape index (κ2) is 14.8. The summed E-state index contributed by atoms with van der Waals surface area (Å²) in [6.07, 6.45) is 7.73. The van der Waals surface area contributed by atoms with Gasteiger partial charge in [-0.2, -0.15) is 0 Å². The molecule has 0 aliphatic rings. The zero-order chi connectivity index (χ0) is 28.3. The number of aryl methyl sites for hydroxylation is 2. The molecule has 0 aliphatic heterocycles. The molecule has 0 aliphatic carbocycles. The van der Waals surface area contributed by atoms with Crippen molar-refractivity contribution in [3.05, 3.63) is 53.1 Å². The van der Waals surface area contributed by atoms with Crippen molar-refractivity contribution in [2.75, 3.05) is 39.2 Å². The summed E-state index contributed by atoms with van der Waals surface area (Å²) in [5, 5.41) is 0. The lowest BCUT2D eigenvalue weighted by Gasteiger charge is -2.24. The number of esters is 1. The van der Waals surface area contributed by atoms with Crippen LogP contribution in [0.4, 0.5) is 5.69 Å². The van der Waals surface area contributed by atoms with Crippen LogP contribution in [0, 0.1) is 6.92 Å². The Kier molecular flexibility index (Phi) is 12.1. The summed E-state index contributed by atoms with van der Waals surface area (Å²) in [5.41, 5.74) is 1.73. The van der Waals surface area contributed by atoms with Crippen LogP contribution in [-0.4, -0.2) is 60.1 Å². The largest absolute Gasteiger partial charge is 0.497 e. The van der Waals surface area contributed by atoms with E-state index in [0.29, 0.717) is 24.2 Å². The number of rotatable bonds is 15. The maximum atomic E-state index is 13.4. The molecule has 0 unspecified atom stereocenters. The Labute approximate surface area is 228 Å². The molecule has 0 aromatic heterocycles. The minimum Gasteiger partial charge on any atom is -0.497 e. The first kappa shape index (κ1) is 31.1. The molecule has 2 aromatic rings. The second-order valence-corrected chi connectivity index (χ2v) is 11.5. The minimum absolute atomic E-state index is 0.0408. The maximum Gasteiger partial charge on any atom is 0.340 e. The van der Waals surface area contributed by atoms with Crippen LogP contribution in [0.1, 0.15) is 73.4 Å². The Balaban J connectivity index is 2.18. The van der Waals surface area contributed by atoms with Crippen molar-refractivity contribution >= 4 is 27.6 Å². The lowest BCUT2D eigenvalue weighted by molar-refractivity contribution is -0.129. The number of carbonyl (C=O) groups excluding carboxylic acids is 2. The number of unbranched alkanes of at least 4 members (excludes halogenated alkanes) is 5. The summed E-state index contributed by atoms with van der Waals surface area (Å²) in [6.45, 7) is 4.67. The molecule has 0 N–H and O–H groups in total. The molecule has 0 bridgehead atoms. The van der Waals surface area contributed by atoms with Crippen LogP contribution in [-0.2, 0) is 26.0 Å². The molecule has 0 saturated carbocycles. The number of methoxy groups -OCH3 is 2. The third-order valence-corrected chi connectivity index (χ3v) is 8.47. The van der Waals surface area contributed by atoms with E-state index in [2.05, 4.69) is 6.92 Å². The van der Waals surface area contributed by atoms with Crippen LogP contribution >= 0.6 is 0 Å². The number of hydrogen-bond acceptors (Lipinski definition) is 6. The lowest BCUT2D eigenvalue weighted by Crippen LogP contribution is -2.29. The highest BCUT2D eigenvalue weighted by atomic mass is 32.2. The predicted octanol–water partition coefficient (Wildman–Crippen LogP) is 5.37. The highest BCUT2D eigenvalue weighted by molar-refractivity contribution is 7.92. The molecule has 8 nitrogen and oxygen atoms in total. The van der Waals surface area contributed by atoms with E-state index < -0.39 is 16.0 Å². The summed E-state index contributed by atoms with van der Waals surface area (Å²) in [5.74, 6) is -0.0677. The van der Waals surface area contributed by atoms with Crippen molar-refractivity contribution in [2.24, 2.45) is 0 Å². The Morgan fingerprint density at radius 3 is 2.16 bits per heavy atom. The van der Waals surface area contributed by atoms with Gasteiger partial charge in [0.05, 0.1) is 30.4 Å². The second-order valence-electron chi connectivity index (χ2n) is 9.53. The molecule has 0 spiro atoms. The molecule has 2 aromatic carbocycles. The molecule has 0 fully saturated rings. The number of amides is 1. The van der Waals surface area contributed by atoms with Gasteiger partial charge in [-0.25, -0.2) is 13.2 Å². The predicted molar refractivity (Wildman–Crippen MR) is 150 cm³/mol. The number of sulfonamides is 1. The van der Waals surface area contributed by atoms with Gasteiger partial charge in [-0.3, -0.25) is 9.10 Å². The lowest BCUT2D eigenvalue weighted by atomic mass is 10.00. The molecule has 1 amide bonds. The molecule has 210 valence electrons. The Bertz CT molecular complexity index is 1180. The van der Waals surface area contributed by atoms with Crippen molar-refractivity contribution in [1.29, 1.82) is 0 Å². The Hall–Kier alpha value is -3.07. The van der Waals surface area contributed by atoms with Gasteiger partial charge >= 0.3 is 5.97 Å². The first-order chi connectivity index (χ1) is 18.1. The zero-order valence-corrected chi connectivity index (χ0v) is 24.4. The quantitative estimate of drug-likeness (QED) is 0.220. The standard InChI is InChI=1S/C29H42N2O6S/c1-7-8-9-10-11-12-19-30(3)27(32)18-13-23-20-22(2)28(26(21-23)29(33)37-6)31(4)38(34,35)25-16-14-24(36-5)15-17-25/h14-17,20-21H,7-13,18-19H2,1-6H3. The summed E-state index contributed by atoms with van der Waals surface area (Å²) in [6, 6.07) is 9.49. The number of anilines is 1. The fourth-order valence-corrected chi connectivity index (χ4v) is 5.68. The number of nitrogens with zero attached hydrogens (tertiary/aromatic N) is 2. The van der Waals surface area contributed by atoms with Crippen LogP contribution < -0.4 is 9.04 Å². The molecule has 0 saturated heterocycles. The smallest absolute Gasteiger partial charge is 0.340 e. The van der Waals surface area contributed by atoms with Gasteiger partial charge < -0.3 is 14.4 Å². The molecule has 9 heteroatoms. The summed E-state index contributed by atoms with van der Waals surface area (Å²) >= 11 is 0. The summed E-state index contributed by atoms with van der Waals surface area (Å²) in [7, 11) is 2.03. The van der Waals surface area contributed by atoms with Crippen LogP contribution in [0.3, 0.4) is 0 Å². The van der Waals surface area contributed by atoms with Crippen molar-refractivity contribution in [2.45, 2.75) is 70.1 Å². The van der Waals surface area contributed by atoms with E-state index in [9.17, 15) is 18.0 Å². The van der Waals surface area contributed by atoms with Gasteiger partial charge in [0, 0.05) is 27.1 Å². The molecule has 2 rings (SSSR count). The monoisotopic (exact) mass is 546 g/mol. The van der Waals surface area contributed by atoms with Crippen molar-refractivity contribution in [1.82, 2.24) is 4.90 Å². The third kappa shape index (κ3) is 8.21. The zero-order valence-electron chi connectivity index (χ0n) is 23.6. The topological polar surface area (TPSA) is 93.2 Å². The van der Waals surface area contributed by atoms with E-state index >= 15 is 0 Å². The van der Waals surface area contributed by atoms with Gasteiger partial charge in [0.1, 0.15) is 5.75 Å². The SMILES string of the molecule is CCCCCCCCN(C)C(=O)CCc1cc(C)c(N(C)S(=O)(=O)c2ccc(OC)cc2)c(C(=O)OC)c1. The molecular weight excluding hydrogens is 504 g/mol. The molecule has 0 atom stereocenters. The Morgan fingerprint density at radius 1 is 0.921 bits per heavy atom. The van der Waals surface area contributed by atoms with Crippen LogP contribution in [0.15, 0.2) is 41.3 Å². The average molecular weight is 547 g/mol. The molecule has 0 radical (unpaired) electrons. The van der Waals surface area contributed by atoms with E-state index in [1.165, 1.54) is 59.1 Å². The first-order valence-electron chi connectivity index (χ1n) is 13.2. The van der Waals surface area contributed by atoms with Gasteiger partial charge in [-0.1, -0.05) is 45.1 Å². The van der Waals surface area contributed by atoms with E-state index in [-0.39, 0.29) is 22.1 Å². The third-order valence-electron chi connectivity index (χ3n) is 6.70. The van der Waals surface area contributed by atoms with Crippen molar-refractivity contribution < 1.29 is 27.5 Å². The number of benzene rings is 2. The molecular formula is C29H42N2O6S. The van der Waals surface area contributed by atoms with Crippen LogP contribution in [0.5, 0.6) is 5.75 Å². The first-order valence-corrected chi connectivity index (χ1v) is 14.6. The van der Waals surface area contributed by atoms with Gasteiger partial charge in [-0.05, 0) is 61.2 Å². The molecule has 0 heterocycles. The van der Waals surface area contributed by atoms with Gasteiger partial charge in [-0.15, -0.1) is 0 Å². The maximum absolute atomic E-state index is 13.4. The van der Waals surface area contributed by atoms with Gasteiger partial charge in [0.2, 0.25) is 5.91 Å². The fourth-order valence-electron chi connectivity index (χ4n) is 4.40. The van der Waals surface area contributed by atoms with Gasteiger partial charge in [0.25, 0.3) is 10.0 Å². The van der Waals surface area contributed by atoms with Crippen molar-refractivity contribution in [3.8, 4) is 5.75 Å². The highest BCUT2D eigenvalue weighted by Crippen LogP contribution is 2.32. The number of carbonyl (C=O) groups is 2. The Morgan fingerprint density at radius 2 is 1.55 bits per heavy atom. The highest BCUT2D eigenvalue weighted by Gasteiger charge is 2.28.